The summed E-state index contributed by atoms with van der Waals surface area (Å²) in [4.78, 5) is 11.6. The topological polar surface area (TPSA) is 41.1 Å². The summed E-state index contributed by atoms with van der Waals surface area (Å²) in [6.07, 6.45) is 2.87. The summed E-state index contributed by atoms with van der Waals surface area (Å²) < 4.78 is 0. The average Bonchev–Trinajstić information content (AvgIpc) is 2.29. The molecule has 0 aliphatic rings. The largest absolute Gasteiger partial charge is 0.326 e. The van der Waals surface area contributed by atoms with E-state index in [0.717, 1.165) is 24.3 Å². The first-order chi connectivity index (χ1) is 8.22. The summed E-state index contributed by atoms with van der Waals surface area (Å²) >= 11 is 0. The van der Waals surface area contributed by atoms with Crippen molar-refractivity contribution in [3.05, 3.63) is 29.8 Å². The lowest BCUT2D eigenvalue weighted by Gasteiger charge is -2.06. The molecule has 3 heteroatoms. The molecule has 1 amide bonds. The highest BCUT2D eigenvalue weighted by Crippen LogP contribution is 2.09. The van der Waals surface area contributed by atoms with Gasteiger partial charge < -0.3 is 10.6 Å². The highest BCUT2D eigenvalue weighted by Gasteiger charge is 2.01. The van der Waals surface area contributed by atoms with E-state index in [1.54, 1.807) is 0 Å². The van der Waals surface area contributed by atoms with Gasteiger partial charge >= 0.3 is 0 Å². The zero-order valence-electron chi connectivity index (χ0n) is 10.8. The molecule has 1 rings (SSSR count). The standard InChI is InChI=1S/C14H22N2O/c1-3-4-9-15-10-8-14(17)16-13-7-5-6-12(2)11-13/h5-7,11,15H,3-4,8-10H2,1-2H3,(H,16,17). The lowest BCUT2D eigenvalue weighted by molar-refractivity contribution is -0.116. The van der Waals surface area contributed by atoms with Gasteiger partial charge in [-0.15, -0.1) is 0 Å². The van der Waals surface area contributed by atoms with Gasteiger partial charge in [-0.05, 0) is 37.6 Å². The van der Waals surface area contributed by atoms with Gasteiger partial charge in [0.1, 0.15) is 0 Å². The van der Waals surface area contributed by atoms with E-state index < -0.39 is 0 Å². The van der Waals surface area contributed by atoms with Crippen molar-refractivity contribution in [2.75, 3.05) is 18.4 Å². The first-order valence-electron chi connectivity index (χ1n) is 6.29. The second kappa shape index (κ2) is 7.85. The zero-order chi connectivity index (χ0) is 12.5. The predicted octanol–water partition coefficient (Wildman–Crippen LogP) is 2.71. The molecule has 94 valence electrons. The molecule has 1 aromatic rings. The Balaban J connectivity index is 2.21. The molecule has 0 spiro atoms. The number of unbranched alkanes of at least 4 members (excludes halogenated alkanes) is 1. The minimum atomic E-state index is 0.0691. The van der Waals surface area contributed by atoms with Gasteiger partial charge in [-0.2, -0.15) is 0 Å². The molecule has 17 heavy (non-hydrogen) atoms. The third-order valence-corrected chi connectivity index (χ3v) is 2.54. The second-order valence-corrected chi connectivity index (χ2v) is 4.27. The molecule has 0 radical (unpaired) electrons. The van der Waals surface area contributed by atoms with Gasteiger partial charge in [0.15, 0.2) is 0 Å². The molecule has 0 aliphatic heterocycles. The molecule has 0 aromatic heterocycles. The van der Waals surface area contributed by atoms with E-state index >= 15 is 0 Å². The first-order valence-corrected chi connectivity index (χ1v) is 6.29. The maximum absolute atomic E-state index is 11.6. The van der Waals surface area contributed by atoms with Crippen LogP contribution >= 0.6 is 0 Å². The van der Waals surface area contributed by atoms with Gasteiger partial charge in [0.25, 0.3) is 0 Å². The Bertz CT molecular complexity index is 350. The third kappa shape index (κ3) is 6.07. The maximum atomic E-state index is 11.6. The first kappa shape index (κ1) is 13.7. The summed E-state index contributed by atoms with van der Waals surface area (Å²) in [5.41, 5.74) is 2.03. The quantitative estimate of drug-likeness (QED) is 0.712. The molecule has 0 atom stereocenters. The van der Waals surface area contributed by atoms with Gasteiger partial charge in [0, 0.05) is 18.7 Å². The van der Waals surface area contributed by atoms with Crippen LogP contribution in [0.4, 0.5) is 5.69 Å². The molecule has 2 N–H and O–H groups in total. The Kier molecular flexibility index (Phi) is 6.33. The summed E-state index contributed by atoms with van der Waals surface area (Å²) in [5, 5.41) is 6.15. The van der Waals surface area contributed by atoms with Crippen molar-refractivity contribution in [1.82, 2.24) is 5.32 Å². The average molecular weight is 234 g/mol. The van der Waals surface area contributed by atoms with Gasteiger partial charge in [-0.3, -0.25) is 4.79 Å². The van der Waals surface area contributed by atoms with E-state index in [-0.39, 0.29) is 5.91 Å². The number of rotatable bonds is 7. The molecule has 0 aliphatic carbocycles. The Morgan fingerprint density at radius 3 is 2.82 bits per heavy atom. The lowest BCUT2D eigenvalue weighted by atomic mass is 10.2. The fourth-order valence-electron chi connectivity index (χ4n) is 1.58. The number of nitrogens with one attached hydrogen (secondary N) is 2. The molecular formula is C14H22N2O. The number of carbonyl (C=O) groups excluding carboxylic acids is 1. The van der Waals surface area contributed by atoms with Crippen molar-refractivity contribution >= 4 is 11.6 Å². The van der Waals surface area contributed by atoms with Crippen molar-refractivity contribution in [1.29, 1.82) is 0 Å². The number of hydrogen-bond acceptors (Lipinski definition) is 2. The lowest BCUT2D eigenvalue weighted by Crippen LogP contribution is -2.22. The van der Waals surface area contributed by atoms with Gasteiger partial charge in [0.05, 0.1) is 0 Å². The van der Waals surface area contributed by atoms with E-state index in [9.17, 15) is 4.79 Å². The number of benzene rings is 1. The summed E-state index contributed by atoms with van der Waals surface area (Å²) in [7, 11) is 0. The molecule has 0 unspecified atom stereocenters. The number of carbonyl (C=O) groups is 1. The van der Waals surface area contributed by atoms with Gasteiger partial charge in [0.2, 0.25) is 5.91 Å². The second-order valence-electron chi connectivity index (χ2n) is 4.27. The fraction of sp³-hybridized carbons (Fsp3) is 0.500. The monoisotopic (exact) mass is 234 g/mol. The Hall–Kier alpha value is -1.35. The van der Waals surface area contributed by atoms with Crippen LogP contribution in [-0.4, -0.2) is 19.0 Å². The van der Waals surface area contributed by atoms with Crippen LogP contribution in [0, 0.1) is 6.92 Å². The van der Waals surface area contributed by atoms with Gasteiger partial charge in [-0.1, -0.05) is 25.5 Å². The Morgan fingerprint density at radius 2 is 2.12 bits per heavy atom. The minimum Gasteiger partial charge on any atom is -0.326 e. The normalized spacial score (nSPS) is 10.2. The fourth-order valence-corrected chi connectivity index (χ4v) is 1.58. The molecule has 0 saturated heterocycles. The minimum absolute atomic E-state index is 0.0691. The number of aryl methyl sites for hydroxylation is 1. The van der Waals surface area contributed by atoms with Crippen LogP contribution < -0.4 is 10.6 Å². The van der Waals surface area contributed by atoms with Crippen LogP contribution in [-0.2, 0) is 4.79 Å². The predicted molar refractivity (Wildman–Crippen MR) is 72.2 cm³/mol. The van der Waals surface area contributed by atoms with Crippen LogP contribution in [0.5, 0.6) is 0 Å². The smallest absolute Gasteiger partial charge is 0.225 e. The van der Waals surface area contributed by atoms with Gasteiger partial charge in [-0.25, -0.2) is 0 Å². The molecule has 0 saturated carbocycles. The molecule has 0 fully saturated rings. The van der Waals surface area contributed by atoms with Crippen LogP contribution in [0.15, 0.2) is 24.3 Å². The maximum Gasteiger partial charge on any atom is 0.225 e. The van der Waals surface area contributed by atoms with Crippen molar-refractivity contribution in [3.8, 4) is 0 Å². The number of amides is 1. The van der Waals surface area contributed by atoms with Crippen LogP contribution in [0.3, 0.4) is 0 Å². The summed E-state index contributed by atoms with van der Waals surface area (Å²) in [6.45, 7) is 5.92. The summed E-state index contributed by atoms with van der Waals surface area (Å²) in [5.74, 6) is 0.0691. The van der Waals surface area contributed by atoms with E-state index in [1.807, 2.05) is 31.2 Å². The molecule has 0 heterocycles. The summed E-state index contributed by atoms with van der Waals surface area (Å²) in [6, 6.07) is 7.85. The van der Waals surface area contributed by atoms with E-state index in [0.29, 0.717) is 6.42 Å². The van der Waals surface area contributed by atoms with Crippen LogP contribution in [0.1, 0.15) is 31.7 Å². The van der Waals surface area contributed by atoms with Crippen LogP contribution in [0.25, 0.3) is 0 Å². The zero-order valence-corrected chi connectivity index (χ0v) is 10.8. The van der Waals surface area contributed by atoms with E-state index in [2.05, 4.69) is 17.6 Å². The number of hydrogen-bond donors (Lipinski definition) is 2. The van der Waals surface area contributed by atoms with Crippen molar-refractivity contribution in [2.45, 2.75) is 33.1 Å². The van der Waals surface area contributed by atoms with Crippen molar-refractivity contribution in [2.24, 2.45) is 0 Å². The Morgan fingerprint density at radius 1 is 1.29 bits per heavy atom. The Labute approximate surface area is 104 Å². The van der Waals surface area contributed by atoms with Crippen LogP contribution in [0.2, 0.25) is 0 Å². The van der Waals surface area contributed by atoms with E-state index in [1.165, 1.54) is 12.8 Å². The van der Waals surface area contributed by atoms with Crippen molar-refractivity contribution < 1.29 is 4.79 Å². The highest BCUT2D eigenvalue weighted by atomic mass is 16.1. The molecule has 3 nitrogen and oxygen atoms in total. The van der Waals surface area contributed by atoms with E-state index in [4.69, 9.17) is 0 Å². The van der Waals surface area contributed by atoms with Crippen molar-refractivity contribution in [3.63, 3.8) is 0 Å². The number of anilines is 1. The highest BCUT2D eigenvalue weighted by molar-refractivity contribution is 5.90. The third-order valence-electron chi connectivity index (χ3n) is 2.54. The molecular weight excluding hydrogens is 212 g/mol. The molecule has 0 bridgehead atoms. The SMILES string of the molecule is CCCCNCCC(=O)Nc1cccc(C)c1. The molecule has 1 aromatic carbocycles.